The van der Waals surface area contributed by atoms with Gasteiger partial charge in [-0.3, -0.25) is 9.59 Å². The maximum Gasteiger partial charge on any atom is 0.251 e. The molecule has 2 amide bonds. The molecule has 182 valence electrons. The summed E-state index contributed by atoms with van der Waals surface area (Å²) in [5.74, 6) is -0.535. The number of hydrogen-bond acceptors (Lipinski definition) is 7. The lowest BCUT2D eigenvalue weighted by Crippen LogP contribution is -2.49. The lowest BCUT2D eigenvalue weighted by atomic mass is 10.1. The van der Waals surface area contributed by atoms with Gasteiger partial charge in [0.2, 0.25) is 11.7 Å². The maximum absolute atomic E-state index is 13.6. The van der Waals surface area contributed by atoms with E-state index in [2.05, 4.69) is 20.7 Å². The van der Waals surface area contributed by atoms with Crippen molar-refractivity contribution in [2.45, 2.75) is 45.4 Å². The molecule has 0 aliphatic heterocycles. The van der Waals surface area contributed by atoms with Crippen molar-refractivity contribution in [3.05, 3.63) is 76.6 Å². The Labute approximate surface area is 205 Å². The van der Waals surface area contributed by atoms with Gasteiger partial charge in [0.1, 0.15) is 18.1 Å². The summed E-state index contributed by atoms with van der Waals surface area (Å²) in [7, 11) is 0. The molecule has 0 radical (unpaired) electrons. The van der Waals surface area contributed by atoms with Crippen molar-refractivity contribution in [2.75, 3.05) is 0 Å². The van der Waals surface area contributed by atoms with Crippen LogP contribution < -0.4 is 5.32 Å². The Hall–Kier alpha value is -3.86. The summed E-state index contributed by atoms with van der Waals surface area (Å²) in [6.45, 7) is 5.54. The molecule has 1 atom stereocenters. The van der Waals surface area contributed by atoms with E-state index in [1.165, 1.54) is 46.8 Å². The van der Waals surface area contributed by atoms with Crippen molar-refractivity contribution >= 4 is 23.2 Å². The van der Waals surface area contributed by atoms with Gasteiger partial charge in [0.25, 0.3) is 5.91 Å². The Morgan fingerprint density at radius 2 is 1.94 bits per heavy atom. The van der Waals surface area contributed by atoms with Crippen LogP contribution in [0.4, 0.5) is 4.39 Å². The minimum Gasteiger partial charge on any atom is -0.467 e. The number of thiophene rings is 1. The number of nitrogens with zero attached hydrogens (tertiary/aromatic N) is 5. The van der Waals surface area contributed by atoms with Crippen LogP contribution in [0.25, 0.3) is 11.4 Å². The third-order valence-corrected chi connectivity index (χ3v) is 5.79. The highest BCUT2D eigenvalue weighted by Crippen LogP contribution is 2.27. The fraction of sp³-hybridized carbons (Fsp3) is 0.292. The number of nitrogens with one attached hydrogen (secondary N) is 1. The summed E-state index contributed by atoms with van der Waals surface area (Å²) < 4.78 is 18.8. The molecule has 1 unspecified atom stereocenters. The quantitative estimate of drug-likeness (QED) is 0.398. The molecule has 0 aliphatic rings. The predicted octanol–water partition coefficient (Wildman–Crippen LogP) is 3.82. The normalized spacial score (nSPS) is 12.3. The van der Waals surface area contributed by atoms with Crippen molar-refractivity contribution in [2.24, 2.45) is 0 Å². The molecule has 0 saturated heterocycles. The molecular formula is C24H25FN6O3S. The number of benzene rings is 1. The third kappa shape index (κ3) is 6.18. The van der Waals surface area contributed by atoms with Crippen molar-refractivity contribution in [3.63, 3.8) is 0 Å². The Kier molecular flexibility index (Phi) is 7.06. The first-order valence-corrected chi connectivity index (χ1v) is 11.8. The van der Waals surface area contributed by atoms with E-state index >= 15 is 0 Å². The second kappa shape index (κ2) is 10.2. The van der Waals surface area contributed by atoms with E-state index in [0.717, 1.165) is 9.67 Å². The fourth-order valence-electron chi connectivity index (χ4n) is 3.44. The van der Waals surface area contributed by atoms with Crippen molar-refractivity contribution in [3.8, 4) is 11.4 Å². The van der Waals surface area contributed by atoms with Crippen LogP contribution in [0.3, 0.4) is 0 Å². The number of carbonyl (C=O) groups is 2. The lowest BCUT2D eigenvalue weighted by molar-refractivity contribution is -0.143. The van der Waals surface area contributed by atoms with Gasteiger partial charge in [-0.05, 0) is 73.8 Å². The number of tetrazole rings is 1. The highest BCUT2D eigenvalue weighted by Gasteiger charge is 2.35. The van der Waals surface area contributed by atoms with Gasteiger partial charge >= 0.3 is 0 Å². The number of halogens is 1. The molecule has 0 fully saturated rings. The highest BCUT2D eigenvalue weighted by molar-refractivity contribution is 7.09. The Balaban J connectivity index is 1.63. The summed E-state index contributed by atoms with van der Waals surface area (Å²) in [4.78, 5) is 30.4. The van der Waals surface area contributed by atoms with Crippen molar-refractivity contribution < 1.29 is 18.4 Å². The molecule has 35 heavy (non-hydrogen) atoms. The molecule has 4 rings (SSSR count). The van der Waals surface area contributed by atoms with Gasteiger partial charge in [0, 0.05) is 16.0 Å². The fourth-order valence-corrected chi connectivity index (χ4v) is 4.14. The minimum absolute atomic E-state index is 0.193. The van der Waals surface area contributed by atoms with Crippen LogP contribution in [0.2, 0.25) is 0 Å². The minimum atomic E-state index is -1.00. The van der Waals surface area contributed by atoms with Crippen molar-refractivity contribution in [1.29, 1.82) is 0 Å². The van der Waals surface area contributed by atoms with Crippen LogP contribution in [0.5, 0.6) is 0 Å². The molecule has 3 aromatic heterocycles. The number of carbonyl (C=O) groups excluding carboxylic acids is 2. The summed E-state index contributed by atoms with van der Waals surface area (Å²) in [6, 6.07) is 11.8. The Morgan fingerprint density at radius 3 is 2.57 bits per heavy atom. The molecule has 1 N–H and O–H groups in total. The van der Waals surface area contributed by atoms with Gasteiger partial charge < -0.3 is 14.6 Å². The van der Waals surface area contributed by atoms with Crippen LogP contribution in [0.15, 0.2) is 64.6 Å². The van der Waals surface area contributed by atoms with Crippen LogP contribution in [0, 0.1) is 5.82 Å². The molecule has 1 aromatic carbocycles. The third-order valence-electron chi connectivity index (χ3n) is 4.93. The second-order valence-electron chi connectivity index (χ2n) is 8.91. The van der Waals surface area contributed by atoms with Crippen LogP contribution in [-0.4, -0.2) is 42.5 Å². The molecule has 0 bridgehead atoms. The smallest absolute Gasteiger partial charge is 0.251 e. The number of aromatic nitrogens is 4. The highest BCUT2D eigenvalue weighted by atomic mass is 32.1. The zero-order valence-electron chi connectivity index (χ0n) is 19.5. The Morgan fingerprint density at radius 1 is 1.17 bits per heavy atom. The topological polar surface area (TPSA) is 106 Å². The van der Waals surface area contributed by atoms with Crippen molar-refractivity contribution in [1.82, 2.24) is 30.4 Å². The summed E-state index contributed by atoms with van der Waals surface area (Å²) in [5, 5.41) is 17.1. The van der Waals surface area contributed by atoms with Gasteiger partial charge in [-0.1, -0.05) is 6.07 Å². The first-order chi connectivity index (χ1) is 16.7. The van der Waals surface area contributed by atoms with E-state index in [9.17, 15) is 14.0 Å². The molecule has 0 saturated carbocycles. The van der Waals surface area contributed by atoms with Gasteiger partial charge in [-0.2, -0.15) is 4.80 Å². The van der Waals surface area contributed by atoms with Crippen LogP contribution in [-0.2, 0) is 22.7 Å². The van der Waals surface area contributed by atoms with Gasteiger partial charge in [0.05, 0.1) is 12.8 Å². The maximum atomic E-state index is 13.6. The number of rotatable bonds is 8. The van der Waals surface area contributed by atoms with Crippen LogP contribution in [0.1, 0.15) is 37.5 Å². The molecule has 9 nitrogen and oxygen atoms in total. The molecule has 3 heterocycles. The average Bonchev–Trinajstić information content (AvgIpc) is 3.56. The van der Waals surface area contributed by atoms with Gasteiger partial charge in [-0.25, -0.2) is 4.39 Å². The van der Waals surface area contributed by atoms with E-state index < -0.39 is 17.5 Å². The molecule has 0 spiro atoms. The number of hydrogen-bond donors (Lipinski definition) is 1. The standard InChI is InChI=1S/C24H25FN6O3S/c1-24(2,3)26-23(33)21(19-7-4-12-34-19)30(14-18-6-5-13-35-18)20(32)15-31-28-22(27-29-31)16-8-10-17(25)11-9-16/h4-13,21H,14-15H2,1-3H3,(H,26,33). The average molecular weight is 497 g/mol. The molecular weight excluding hydrogens is 471 g/mol. The predicted molar refractivity (Wildman–Crippen MR) is 127 cm³/mol. The summed E-state index contributed by atoms with van der Waals surface area (Å²) >= 11 is 1.48. The molecule has 0 aliphatic carbocycles. The number of amides is 2. The Bertz CT molecular complexity index is 1260. The lowest BCUT2D eigenvalue weighted by Gasteiger charge is -2.32. The molecule has 4 aromatic rings. The van der Waals surface area contributed by atoms with Gasteiger partial charge in [-0.15, -0.1) is 21.5 Å². The van der Waals surface area contributed by atoms with E-state index in [4.69, 9.17) is 4.42 Å². The largest absolute Gasteiger partial charge is 0.467 e. The first kappa shape index (κ1) is 24.3. The second-order valence-corrected chi connectivity index (χ2v) is 9.94. The molecule has 11 heteroatoms. The summed E-state index contributed by atoms with van der Waals surface area (Å²) in [5.41, 5.74) is 0.0513. The van der Waals surface area contributed by atoms with E-state index in [0.29, 0.717) is 11.3 Å². The SMILES string of the molecule is CC(C)(C)NC(=O)C(c1ccco1)N(Cc1cccs1)C(=O)Cn1nnc(-c2ccc(F)cc2)n1. The van der Waals surface area contributed by atoms with E-state index in [1.54, 1.807) is 12.1 Å². The van der Waals surface area contributed by atoms with E-state index in [1.807, 2.05) is 38.3 Å². The number of furan rings is 1. The monoisotopic (exact) mass is 496 g/mol. The zero-order valence-corrected chi connectivity index (χ0v) is 20.3. The zero-order chi connectivity index (χ0) is 25.0. The summed E-state index contributed by atoms with van der Waals surface area (Å²) in [6.07, 6.45) is 1.47. The van der Waals surface area contributed by atoms with Crippen LogP contribution >= 0.6 is 11.3 Å². The first-order valence-electron chi connectivity index (χ1n) is 10.9. The van der Waals surface area contributed by atoms with E-state index in [-0.39, 0.29) is 30.6 Å². The van der Waals surface area contributed by atoms with Gasteiger partial charge in [0.15, 0.2) is 6.04 Å².